The zero-order chi connectivity index (χ0) is 35.7. The average molecular weight is 704 g/mol. The molecule has 5 atom stereocenters. The summed E-state index contributed by atoms with van der Waals surface area (Å²) in [7, 11) is -4.32. The first-order valence-corrected chi connectivity index (χ1v) is 22.8. The van der Waals surface area contributed by atoms with Crippen LogP contribution in [-0.2, 0) is 13.6 Å². The highest BCUT2D eigenvalue weighted by Crippen LogP contribution is 2.46. The predicted molar refractivity (Wildman–Crippen MR) is 209 cm³/mol. The third-order valence-corrected chi connectivity index (χ3v) is 11.2. The average Bonchev–Trinajstić information content (AvgIpc) is 3.05. The Kier molecular flexibility index (Phi) is 34.2. The lowest BCUT2D eigenvalue weighted by atomic mass is 10.00. The van der Waals surface area contributed by atoms with Crippen LogP contribution in [0.4, 0.5) is 0 Å². The fraction of sp³-hybridized carbons (Fsp3) is 1.00. The second-order valence-electron chi connectivity index (χ2n) is 15.1. The number of nitrogens with zero attached hydrogens (tertiary/aromatic N) is 1. The second kappa shape index (κ2) is 34.1. The molecule has 0 aromatic heterocycles. The number of rotatable bonds is 38. The quantitative estimate of drug-likeness (QED) is 0.0378. The largest absolute Gasteiger partial charge is 0.473 e. The van der Waals surface area contributed by atoms with Crippen LogP contribution >= 0.6 is 7.82 Å². The predicted octanol–water partition coefficient (Wildman–Crippen LogP) is 13.7. The molecule has 48 heavy (non-hydrogen) atoms. The summed E-state index contributed by atoms with van der Waals surface area (Å²) in [5.74, 6) is 0. The first-order valence-electron chi connectivity index (χ1n) is 21.3. The van der Waals surface area contributed by atoms with Crippen molar-refractivity contribution in [1.82, 2.24) is 4.90 Å². The fourth-order valence-electron chi connectivity index (χ4n) is 7.06. The maximum atomic E-state index is 13.2. The number of aliphatic hydroxyl groups is 1. The Balaban J connectivity index is 4.96. The Bertz CT molecular complexity index is 680. The Morgan fingerprint density at radius 3 is 1.10 bits per heavy atom. The molecule has 0 rings (SSSR count). The van der Waals surface area contributed by atoms with E-state index in [-0.39, 0.29) is 18.7 Å². The third kappa shape index (κ3) is 28.7. The van der Waals surface area contributed by atoms with Crippen molar-refractivity contribution in [2.24, 2.45) is 0 Å². The Hall–Kier alpha value is 0.0300. The molecule has 5 unspecified atom stereocenters. The molecule has 0 heterocycles. The van der Waals surface area contributed by atoms with E-state index in [1.54, 1.807) is 6.92 Å². The van der Waals surface area contributed by atoms with Crippen molar-refractivity contribution in [3.05, 3.63) is 0 Å². The number of phosphoric acid groups is 1. The van der Waals surface area contributed by atoms with Gasteiger partial charge in [0.15, 0.2) is 0 Å². The van der Waals surface area contributed by atoms with Crippen LogP contribution in [-0.4, -0.2) is 45.9 Å². The van der Waals surface area contributed by atoms with Gasteiger partial charge in [-0.3, -0.25) is 13.9 Å². The van der Waals surface area contributed by atoms with E-state index in [0.717, 1.165) is 44.9 Å². The van der Waals surface area contributed by atoms with E-state index in [1.165, 1.54) is 148 Å². The molecule has 0 aromatic carbocycles. The third-order valence-electron chi connectivity index (χ3n) is 10.2. The summed E-state index contributed by atoms with van der Waals surface area (Å²) in [6.07, 6.45) is 35.3. The lowest BCUT2D eigenvalue weighted by molar-refractivity contribution is -0.107. The lowest BCUT2D eigenvalue weighted by Gasteiger charge is -2.42. The smallest absolute Gasteiger partial charge is 0.389 e. The van der Waals surface area contributed by atoms with Gasteiger partial charge in [-0.25, -0.2) is 4.57 Å². The minimum absolute atomic E-state index is 0.129. The van der Waals surface area contributed by atoms with Gasteiger partial charge >= 0.3 is 7.82 Å². The zero-order valence-corrected chi connectivity index (χ0v) is 34.1. The van der Waals surface area contributed by atoms with Crippen LogP contribution in [0.15, 0.2) is 0 Å². The minimum Gasteiger partial charge on any atom is -0.389 e. The molecule has 290 valence electrons. The van der Waals surface area contributed by atoms with E-state index < -0.39 is 20.2 Å². The maximum Gasteiger partial charge on any atom is 0.473 e. The van der Waals surface area contributed by atoms with Crippen molar-refractivity contribution in [1.29, 1.82) is 0 Å². The van der Waals surface area contributed by atoms with Gasteiger partial charge < -0.3 is 10.00 Å². The van der Waals surface area contributed by atoms with Gasteiger partial charge in [0.1, 0.15) is 6.23 Å². The van der Waals surface area contributed by atoms with Crippen LogP contribution in [0.2, 0.25) is 0 Å². The molecule has 0 saturated heterocycles. The zero-order valence-electron chi connectivity index (χ0n) is 33.2. The van der Waals surface area contributed by atoms with Gasteiger partial charge in [-0.15, -0.1) is 0 Å². The van der Waals surface area contributed by atoms with Crippen molar-refractivity contribution in [3.63, 3.8) is 0 Å². The van der Waals surface area contributed by atoms with Crippen molar-refractivity contribution in [2.45, 2.75) is 259 Å². The minimum atomic E-state index is -4.32. The molecule has 7 heteroatoms. The molecule has 0 aromatic rings. The van der Waals surface area contributed by atoms with Crippen LogP contribution < -0.4 is 0 Å². The molecule has 0 bridgehead atoms. The van der Waals surface area contributed by atoms with Crippen LogP contribution in [0.5, 0.6) is 0 Å². The summed E-state index contributed by atoms with van der Waals surface area (Å²) in [4.78, 5) is 13.0. The van der Waals surface area contributed by atoms with E-state index in [4.69, 9.17) is 9.05 Å². The van der Waals surface area contributed by atoms with Crippen molar-refractivity contribution in [2.75, 3.05) is 6.61 Å². The summed E-state index contributed by atoms with van der Waals surface area (Å²) < 4.78 is 24.5. The molecule has 6 nitrogen and oxygen atoms in total. The highest BCUT2D eigenvalue weighted by Gasteiger charge is 2.37. The van der Waals surface area contributed by atoms with Gasteiger partial charge in [-0.05, 0) is 40.0 Å². The second-order valence-corrected chi connectivity index (χ2v) is 16.5. The molecule has 0 amide bonds. The number of hydrogen-bond acceptors (Lipinski definition) is 5. The summed E-state index contributed by atoms with van der Waals surface area (Å²) in [5.41, 5.74) is 0. The number of unbranched alkanes of at least 4 members (excludes halogenated alkanes) is 25. The molecule has 0 saturated carbocycles. The molecule has 0 radical (unpaired) electrons. The SMILES string of the molecule is CCCCCCCCCCCCOP(=O)(O)OC(C(C)O)N(C(C)CCCCCCCCCCC)C(C)CCCCCCCCCCC. The van der Waals surface area contributed by atoms with Gasteiger partial charge in [-0.1, -0.05) is 194 Å². The number of aliphatic hydroxyl groups excluding tert-OH is 1. The first kappa shape index (κ1) is 48.0. The van der Waals surface area contributed by atoms with E-state index in [9.17, 15) is 14.6 Å². The van der Waals surface area contributed by atoms with Crippen molar-refractivity contribution in [3.8, 4) is 0 Å². The Labute approximate surface area is 300 Å². The fourth-order valence-corrected chi connectivity index (χ4v) is 8.04. The number of phosphoric ester groups is 1. The molecule has 0 fully saturated rings. The standard InChI is InChI=1S/C41H86NO5P/c1-7-10-13-16-19-22-25-28-31-34-37-46-48(44,45)47-41(40(6)43)42(38(4)35-32-29-26-23-20-17-14-11-8-2)39(5)36-33-30-27-24-21-18-15-12-9-3/h38-41,43H,7-37H2,1-6H3,(H,44,45). The monoisotopic (exact) mass is 704 g/mol. The Morgan fingerprint density at radius 1 is 0.500 bits per heavy atom. The lowest BCUT2D eigenvalue weighted by Crippen LogP contribution is -2.52. The van der Waals surface area contributed by atoms with E-state index >= 15 is 0 Å². The van der Waals surface area contributed by atoms with Crippen LogP contribution in [0, 0.1) is 0 Å². The molecule has 0 aliphatic heterocycles. The highest BCUT2D eigenvalue weighted by molar-refractivity contribution is 7.47. The Morgan fingerprint density at radius 2 is 0.792 bits per heavy atom. The summed E-state index contributed by atoms with van der Waals surface area (Å²) in [6, 6.07) is 0.259. The molecular weight excluding hydrogens is 617 g/mol. The molecule has 0 aliphatic carbocycles. The number of hydrogen-bond donors (Lipinski definition) is 2. The normalized spacial score (nSPS) is 15.9. The molecular formula is C41H86NO5P. The van der Waals surface area contributed by atoms with Crippen LogP contribution in [0.1, 0.15) is 234 Å². The van der Waals surface area contributed by atoms with Gasteiger partial charge in [0.2, 0.25) is 0 Å². The molecule has 0 spiro atoms. The van der Waals surface area contributed by atoms with E-state index in [1.807, 2.05) is 0 Å². The highest BCUT2D eigenvalue weighted by atomic mass is 31.2. The van der Waals surface area contributed by atoms with Gasteiger partial charge in [0.05, 0.1) is 12.7 Å². The first-order chi connectivity index (χ1) is 23.2. The van der Waals surface area contributed by atoms with Crippen molar-refractivity contribution >= 4 is 7.82 Å². The van der Waals surface area contributed by atoms with Gasteiger partial charge in [-0.2, -0.15) is 0 Å². The molecule has 0 aliphatic rings. The van der Waals surface area contributed by atoms with E-state index in [2.05, 4.69) is 39.5 Å². The van der Waals surface area contributed by atoms with Crippen molar-refractivity contribution < 1.29 is 23.6 Å². The maximum absolute atomic E-state index is 13.2. The van der Waals surface area contributed by atoms with Gasteiger partial charge in [0.25, 0.3) is 0 Å². The van der Waals surface area contributed by atoms with E-state index in [0.29, 0.717) is 0 Å². The topological polar surface area (TPSA) is 79.2 Å². The van der Waals surface area contributed by atoms with Crippen LogP contribution in [0.25, 0.3) is 0 Å². The van der Waals surface area contributed by atoms with Crippen LogP contribution in [0.3, 0.4) is 0 Å². The van der Waals surface area contributed by atoms with Gasteiger partial charge in [0, 0.05) is 12.1 Å². The summed E-state index contributed by atoms with van der Waals surface area (Å²) in [5, 5.41) is 10.9. The molecule has 2 N–H and O–H groups in total. The summed E-state index contributed by atoms with van der Waals surface area (Å²) in [6.45, 7) is 13.1. The summed E-state index contributed by atoms with van der Waals surface area (Å²) >= 11 is 0.